The first kappa shape index (κ1) is 33.1. The van der Waals surface area contributed by atoms with Gasteiger partial charge in [-0.15, -0.1) is 5.11 Å². The highest BCUT2D eigenvalue weighted by Gasteiger charge is 2.35. The molecule has 1 heterocycles. The van der Waals surface area contributed by atoms with Gasteiger partial charge in [0.25, 0.3) is 5.91 Å². The normalized spacial score (nSPS) is 17.2. The van der Waals surface area contributed by atoms with Crippen molar-refractivity contribution in [2.45, 2.75) is 50.7 Å². The molecule has 13 nitrogen and oxygen atoms in total. The van der Waals surface area contributed by atoms with E-state index in [1.165, 1.54) is 24.0 Å². The maximum Gasteiger partial charge on any atom is 0.305 e. The summed E-state index contributed by atoms with van der Waals surface area (Å²) in [5, 5.41) is 26.0. The molecule has 228 valence electrons. The van der Waals surface area contributed by atoms with Crippen LogP contribution >= 0.6 is 23.2 Å². The van der Waals surface area contributed by atoms with Crippen LogP contribution in [0.5, 0.6) is 0 Å². The number of ketones is 1. The number of likely N-dealkylation sites (tertiary alicyclic amines) is 1. The van der Waals surface area contributed by atoms with Crippen molar-refractivity contribution in [2.24, 2.45) is 21.2 Å². The summed E-state index contributed by atoms with van der Waals surface area (Å²) >= 11 is 12.3. The fourth-order valence-corrected chi connectivity index (χ4v) is 4.97. The number of carbonyl (C=O) groups is 5. The molecule has 3 amide bonds. The van der Waals surface area contributed by atoms with Gasteiger partial charge in [0.15, 0.2) is 5.78 Å². The lowest BCUT2D eigenvalue weighted by Gasteiger charge is -2.30. The van der Waals surface area contributed by atoms with E-state index in [9.17, 15) is 29.1 Å². The van der Waals surface area contributed by atoms with E-state index < -0.39 is 60.6 Å². The minimum Gasteiger partial charge on any atom is -0.481 e. The zero-order valence-electron chi connectivity index (χ0n) is 23.2. The van der Waals surface area contributed by atoms with Crippen LogP contribution < -0.4 is 16.5 Å². The Labute approximate surface area is 257 Å². The molecule has 2 unspecified atom stereocenters. The molecule has 5 N–H and O–H groups in total. The van der Waals surface area contributed by atoms with Crippen LogP contribution in [0, 0.1) is 0 Å². The van der Waals surface area contributed by atoms with Gasteiger partial charge in [0.2, 0.25) is 17.6 Å². The van der Waals surface area contributed by atoms with Gasteiger partial charge < -0.3 is 26.5 Å². The van der Waals surface area contributed by atoms with Gasteiger partial charge in [-0.3, -0.25) is 24.0 Å². The van der Waals surface area contributed by atoms with Gasteiger partial charge in [-0.1, -0.05) is 47.5 Å². The minimum atomic E-state index is -1.47. The smallest absolute Gasteiger partial charge is 0.305 e. The van der Waals surface area contributed by atoms with Crippen molar-refractivity contribution in [1.82, 2.24) is 15.5 Å². The van der Waals surface area contributed by atoms with Crippen molar-refractivity contribution >= 4 is 58.5 Å². The number of hydrazone groups is 1. The minimum absolute atomic E-state index is 0.163. The first-order valence-electron chi connectivity index (χ1n) is 13.3. The van der Waals surface area contributed by atoms with E-state index in [1.807, 2.05) is 0 Å². The molecular formula is C28H31Cl2N7O6. The lowest BCUT2D eigenvalue weighted by atomic mass is 10.1. The van der Waals surface area contributed by atoms with Crippen molar-refractivity contribution in [2.75, 3.05) is 13.1 Å². The number of halogens is 2. The number of nitrogens with one attached hydrogen (secondary N) is 2. The van der Waals surface area contributed by atoms with Crippen LogP contribution in [0.3, 0.4) is 0 Å². The number of carboxylic acid groups (broad SMARTS) is 1. The number of hydrogen-bond acceptors (Lipinski definition) is 8. The number of nitrogens with zero attached hydrogens (tertiary/aromatic N) is 4. The molecule has 0 radical (unpaired) electrons. The summed E-state index contributed by atoms with van der Waals surface area (Å²) in [5.74, 6) is 1.51. The Kier molecular flexibility index (Phi) is 12.1. The summed E-state index contributed by atoms with van der Waals surface area (Å²) in [4.78, 5) is 64.9. The van der Waals surface area contributed by atoms with Crippen molar-refractivity contribution in [1.29, 1.82) is 0 Å². The molecule has 3 rings (SSSR count). The molecule has 0 saturated carbocycles. The number of Topliss-reactive ketones (excluding diaryl/α,β-unsaturated/α-hetero) is 1. The second-order valence-corrected chi connectivity index (χ2v) is 10.5. The number of amides is 3. The Balaban J connectivity index is 1.68. The van der Waals surface area contributed by atoms with Crippen molar-refractivity contribution in [3.8, 4) is 0 Å². The van der Waals surface area contributed by atoms with E-state index in [0.717, 1.165) is 0 Å². The fourth-order valence-electron chi connectivity index (χ4n) is 4.40. The predicted molar refractivity (Wildman–Crippen MR) is 159 cm³/mol. The highest BCUT2D eigenvalue weighted by Crippen LogP contribution is 2.25. The number of rotatable bonds is 11. The summed E-state index contributed by atoms with van der Waals surface area (Å²) in [7, 11) is 0. The monoisotopic (exact) mass is 631 g/mol. The molecule has 3 atom stereocenters. The zero-order valence-corrected chi connectivity index (χ0v) is 24.7. The molecule has 1 aliphatic rings. The molecule has 0 bridgehead atoms. The van der Waals surface area contributed by atoms with Crippen LogP contribution in [0.25, 0.3) is 0 Å². The second-order valence-electron chi connectivity index (χ2n) is 9.67. The molecule has 0 aliphatic carbocycles. The van der Waals surface area contributed by atoms with Crippen LogP contribution in [0.15, 0.2) is 63.9 Å². The topological polar surface area (TPSA) is 196 Å². The third kappa shape index (κ3) is 9.06. The number of carbonyl (C=O) groups excluding carboxylic acids is 4. The Morgan fingerprint density at radius 3 is 2.37 bits per heavy atom. The number of benzene rings is 2. The van der Waals surface area contributed by atoms with Crippen molar-refractivity contribution in [3.05, 3.63) is 69.7 Å². The molecule has 15 heteroatoms. The van der Waals surface area contributed by atoms with Gasteiger partial charge in [0.1, 0.15) is 24.7 Å². The average Bonchev–Trinajstić information content (AvgIpc) is 3.16. The molecule has 1 fully saturated rings. The average molecular weight is 633 g/mol. The van der Waals surface area contributed by atoms with Gasteiger partial charge in [0, 0.05) is 12.1 Å². The van der Waals surface area contributed by atoms with E-state index in [1.54, 1.807) is 36.4 Å². The lowest BCUT2D eigenvalue weighted by molar-refractivity contribution is -0.143. The van der Waals surface area contributed by atoms with Crippen LogP contribution in [-0.2, 0) is 19.2 Å². The lowest BCUT2D eigenvalue weighted by Crippen LogP contribution is -2.56. The Morgan fingerprint density at radius 2 is 1.74 bits per heavy atom. The zero-order chi connectivity index (χ0) is 31.5. The number of carboxylic acids is 1. The van der Waals surface area contributed by atoms with Crippen LogP contribution in [0.2, 0.25) is 10.0 Å². The summed E-state index contributed by atoms with van der Waals surface area (Å²) < 4.78 is 0. The van der Waals surface area contributed by atoms with Crippen molar-refractivity contribution < 1.29 is 29.1 Å². The molecule has 1 saturated heterocycles. The van der Waals surface area contributed by atoms with Gasteiger partial charge in [0.05, 0.1) is 22.0 Å². The molecule has 43 heavy (non-hydrogen) atoms. The largest absolute Gasteiger partial charge is 0.481 e. The SMILES string of the molecule is CC(C(=O)NC(CC(=O)O)C(=O)CN=NC(=NN)c1c(Cl)cccc1Cl)N1CCCC[C@H](NC(=O)c2ccccc2)C1=O. The number of hydrogen-bond donors (Lipinski definition) is 4. The molecule has 1 aliphatic heterocycles. The maximum atomic E-state index is 13.4. The number of aliphatic carboxylic acids is 1. The Hall–Kier alpha value is -4.36. The molecule has 0 aromatic heterocycles. The van der Waals surface area contributed by atoms with Gasteiger partial charge in [-0.2, -0.15) is 10.2 Å². The number of nitrogens with two attached hydrogens (primary N) is 1. The quantitative estimate of drug-likeness (QED) is 0.0961. The highest BCUT2D eigenvalue weighted by atomic mass is 35.5. The number of amidine groups is 1. The van der Waals surface area contributed by atoms with Crippen LogP contribution in [0.1, 0.15) is 48.5 Å². The first-order chi connectivity index (χ1) is 20.5. The Morgan fingerprint density at radius 1 is 1.07 bits per heavy atom. The van der Waals surface area contributed by atoms with E-state index >= 15 is 0 Å². The molecule has 2 aromatic carbocycles. The summed E-state index contributed by atoms with van der Waals surface area (Å²) in [6.07, 6.45) is 0.875. The fraction of sp³-hybridized carbons (Fsp3) is 0.357. The van der Waals surface area contributed by atoms with Gasteiger partial charge in [-0.25, -0.2) is 0 Å². The van der Waals surface area contributed by atoms with Crippen molar-refractivity contribution in [3.63, 3.8) is 0 Å². The first-order valence-corrected chi connectivity index (χ1v) is 14.1. The van der Waals surface area contributed by atoms with Crippen LogP contribution in [-0.4, -0.2) is 76.5 Å². The van der Waals surface area contributed by atoms with E-state index in [-0.39, 0.29) is 28.0 Å². The summed E-state index contributed by atoms with van der Waals surface area (Å²) in [6.45, 7) is 1.08. The van der Waals surface area contributed by atoms with Gasteiger partial charge in [-0.05, 0) is 50.5 Å². The molecule has 2 aromatic rings. The number of azo groups is 1. The maximum absolute atomic E-state index is 13.4. The standard InChI is InChI=1S/C28H31Cl2N7O6/c1-16(37-13-6-5-12-20(28(37)43)33-27(42)17-8-3-2-4-9-17)26(41)34-21(14-23(39)40)22(38)15-32-36-25(35-31)24-18(29)10-7-11-19(24)30/h2-4,7-11,16,20-21H,5-6,12-15,31H2,1H3,(H,33,42)(H,34,41)(H,39,40)/t16?,20-,21?/m0/s1. The van der Waals surface area contributed by atoms with E-state index in [4.69, 9.17) is 29.0 Å². The Bertz CT molecular complexity index is 1400. The molecule has 0 spiro atoms. The third-order valence-corrected chi connectivity index (χ3v) is 7.33. The van der Waals surface area contributed by atoms with Crippen LogP contribution in [0.4, 0.5) is 0 Å². The second kappa shape index (κ2) is 15.8. The predicted octanol–water partition coefficient (Wildman–Crippen LogP) is 2.79. The van der Waals surface area contributed by atoms with E-state index in [2.05, 4.69) is 26.0 Å². The van der Waals surface area contributed by atoms with Gasteiger partial charge >= 0.3 is 5.97 Å². The highest BCUT2D eigenvalue weighted by molar-refractivity contribution is 6.40. The third-order valence-electron chi connectivity index (χ3n) is 6.70. The molecular weight excluding hydrogens is 601 g/mol. The summed E-state index contributed by atoms with van der Waals surface area (Å²) in [6, 6.07) is 9.70. The summed E-state index contributed by atoms with van der Waals surface area (Å²) in [5.41, 5.74) is 0.581. The van der Waals surface area contributed by atoms with E-state index in [0.29, 0.717) is 24.8 Å².